The number of carbonyl (C=O) groups is 1. The van der Waals surface area contributed by atoms with Crippen molar-refractivity contribution < 1.29 is 9.90 Å². The molecule has 0 aliphatic carbocycles. The van der Waals surface area contributed by atoms with Crippen molar-refractivity contribution >= 4 is 28.1 Å². The Morgan fingerprint density at radius 1 is 1.07 bits per heavy atom. The quantitative estimate of drug-likeness (QED) is 0.570. The van der Waals surface area contributed by atoms with E-state index in [4.69, 9.17) is 4.98 Å². The predicted octanol–water partition coefficient (Wildman–Crippen LogP) is 4.38. The lowest BCUT2D eigenvalue weighted by molar-refractivity contribution is -0.115. The summed E-state index contributed by atoms with van der Waals surface area (Å²) in [6.45, 7) is 5.67. The minimum Gasteiger partial charge on any atom is -0.395 e. The van der Waals surface area contributed by atoms with E-state index < -0.39 is 0 Å². The van der Waals surface area contributed by atoms with Gasteiger partial charge >= 0.3 is 0 Å². The molecule has 1 N–H and O–H groups in total. The lowest BCUT2D eigenvalue weighted by Crippen LogP contribution is -2.26. The van der Waals surface area contributed by atoms with E-state index in [2.05, 4.69) is 24.0 Å². The number of amides is 1. The van der Waals surface area contributed by atoms with E-state index >= 15 is 0 Å². The first-order chi connectivity index (χ1) is 14.1. The fourth-order valence-corrected chi connectivity index (χ4v) is 4.20. The van der Waals surface area contributed by atoms with Crippen molar-refractivity contribution in [3.63, 3.8) is 0 Å². The Bertz CT molecular complexity index is 927. The van der Waals surface area contributed by atoms with Gasteiger partial charge in [0.15, 0.2) is 5.13 Å². The van der Waals surface area contributed by atoms with Crippen molar-refractivity contribution in [1.82, 2.24) is 9.88 Å². The maximum atomic E-state index is 12.4. The third-order valence-corrected chi connectivity index (χ3v) is 5.58. The Morgan fingerprint density at radius 2 is 1.79 bits per heavy atom. The summed E-state index contributed by atoms with van der Waals surface area (Å²) >= 11 is 1.47. The molecule has 2 aromatic carbocycles. The molecule has 3 aromatic rings. The molecule has 0 spiro atoms. The number of carbonyl (C=O) groups excluding carboxylic acids is 1. The molecule has 0 atom stereocenters. The number of aryl methyl sites for hydroxylation is 1. The Kier molecular flexibility index (Phi) is 7.52. The van der Waals surface area contributed by atoms with Crippen LogP contribution in [0.3, 0.4) is 0 Å². The number of hydrogen-bond acceptors (Lipinski definition) is 5. The van der Waals surface area contributed by atoms with Crippen LogP contribution in [0.2, 0.25) is 0 Å². The molecule has 0 saturated carbocycles. The average molecular weight is 410 g/mol. The topological polar surface area (TPSA) is 56.7 Å². The van der Waals surface area contributed by atoms with Crippen LogP contribution >= 0.6 is 11.3 Å². The van der Waals surface area contributed by atoms with Gasteiger partial charge in [0, 0.05) is 31.9 Å². The molecule has 1 heterocycles. The number of anilines is 2. The number of thiazole rings is 1. The molecular formula is C23H27N3O2S. The summed E-state index contributed by atoms with van der Waals surface area (Å²) in [5, 5.41) is 12.1. The molecule has 29 heavy (non-hydrogen) atoms. The van der Waals surface area contributed by atoms with Gasteiger partial charge in [-0.15, -0.1) is 11.3 Å². The lowest BCUT2D eigenvalue weighted by atomic mass is 10.1. The third-order valence-electron chi connectivity index (χ3n) is 4.71. The monoisotopic (exact) mass is 409 g/mol. The van der Waals surface area contributed by atoms with Crippen LogP contribution in [0.1, 0.15) is 30.7 Å². The van der Waals surface area contributed by atoms with Crippen LogP contribution in [-0.4, -0.2) is 34.0 Å². The van der Waals surface area contributed by atoms with Crippen molar-refractivity contribution in [2.45, 2.75) is 33.4 Å². The van der Waals surface area contributed by atoms with Crippen LogP contribution in [0.15, 0.2) is 60.0 Å². The largest absolute Gasteiger partial charge is 0.395 e. The zero-order chi connectivity index (χ0) is 20.6. The van der Waals surface area contributed by atoms with Gasteiger partial charge in [-0.1, -0.05) is 55.5 Å². The maximum Gasteiger partial charge on any atom is 0.230 e. The van der Waals surface area contributed by atoms with Gasteiger partial charge in [-0.05, 0) is 23.6 Å². The Hall–Kier alpha value is -2.54. The second-order valence-electron chi connectivity index (χ2n) is 6.88. The highest BCUT2D eigenvalue weighted by Gasteiger charge is 2.20. The molecule has 0 aliphatic heterocycles. The van der Waals surface area contributed by atoms with Crippen LogP contribution < -0.4 is 4.90 Å². The Labute approximate surface area is 176 Å². The van der Waals surface area contributed by atoms with Crippen LogP contribution in [0.5, 0.6) is 0 Å². The van der Waals surface area contributed by atoms with E-state index in [0.717, 1.165) is 29.9 Å². The first-order valence-corrected chi connectivity index (χ1v) is 10.7. The third kappa shape index (κ3) is 5.50. The fourth-order valence-electron chi connectivity index (χ4n) is 3.33. The number of rotatable bonds is 9. The molecule has 1 amide bonds. The number of aliphatic hydroxyl groups excluding tert-OH is 1. The highest BCUT2D eigenvalue weighted by Crippen LogP contribution is 2.32. The van der Waals surface area contributed by atoms with Gasteiger partial charge in [0.05, 0.1) is 18.0 Å². The zero-order valence-corrected chi connectivity index (χ0v) is 17.7. The molecule has 0 unspecified atom stereocenters. The average Bonchev–Trinajstić information content (AvgIpc) is 3.17. The van der Waals surface area contributed by atoms with Gasteiger partial charge in [-0.25, -0.2) is 4.98 Å². The van der Waals surface area contributed by atoms with Crippen LogP contribution in [-0.2, 0) is 24.3 Å². The molecular weight excluding hydrogens is 382 g/mol. The first-order valence-electron chi connectivity index (χ1n) is 9.82. The van der Waals surface area contributed by atoms with Gasteiger partial charge in [0.25, 0.3) is 0 Å². The van der Waals surface area contributed by atoms with Gasteiger partial charge in [-0.3, -0.25) is 14.6 Å². The molecule has 0 fully saturated rings. The molecule has 3 rings (SSSR count). The van der Waals surface area contributed by atoms with Gasteiger partial charge in [-0.2, -0.15) is 0 Å². The Balaban J connectivity index is 1.81. The predicted molar refractivity (Wildman–Crippen MR) is 118 cm³/mol. The maximum absolute atomic E-state index is 12.4. The summed E-state index contributed by atoms with van der Waals surface area (Å²) in [7, 11) is 0. The van der Waals surface area contributed by atoms with Gasteiger partial charge in [0.1, 0.15) is 0 Å². The number of aromatic nitrogens is 1. The van der Waals surface area contributed by atoms with E-state index in [1.54, 1.807) is 11.8 Å². The smallest absolute Gasteiger partial charge is 0.230 e. The van der Waals surface area contributed by atoms with Crippen molar-refractivity contribution in [3.8, 4) is 0 Å². The zero-order valence-electron chi connectivity index (χ0n) is 16.9. The van der Waals surface area contributed by atoms with E-state index in [1.807, 2.05) is 47.8 Å². The van der Waals surface area contributed by atoms with E-state index in [0.29, 0.717) is 18.2 Å². The van der Waals surface area contributed by atoms with Crippen LogP contribution in [0.25, 0.3) is 0 Å². The van der Waals surface area contributed by atoms with Gasteiger partial charge in [0.2, 0.25) is 5.91 Å². The molecule has 5 nitrogen and oxygen atoms in total. The van der Waals surface area contributed by atoms with Crippen molar-refractivity contribution in [1.29, 1.82) is 0 Å². The molecule has 0 saturated heterocycles. The van der Waals surface area contributed by atoms with Crippen molar-refractivity contribution in [3.05, 3.63) is 76.8 Å². The fraction of sp³-hybridized carbons (Fsp3) is 0.304. The molecule has 6 heteroatoms. The molecule has 0 radical (unpaired) electrons. The van der Waals surface area contributed by atoms with E-state index in [9.17, 15) is 9.90 Å². The van der Waals surface area contributed by atoms with E-state index in [-0.39, 0.29) is 12.5 Å². The van der Waals surface area contributed by atoms with Crippen LogP contribution in [0.4, 0.5) is 10.8 Å². The summed E-state index contributed by atoms with van der Waals surface area (Å²) in [6, 6.07) is 18.1. The summed E-state index contributed by atoms with van der Waals surface area (Å²) in [5.41, 5.74) is 4.10. The summed E-state index contributed by atoms with van der Waals surface area (Å²) in [4.78, 5) is 21.0. The lowest BCUT2D eigenvalue weighted by Gasteiger charge is -2.22. The standard InChI is InChI=1S/C23H27N3O2S/c1-3-20-11-7-8-12-22(20)26(18(2)28)23-24-21(17-29-23)16-25(13-14-27)15-19-9-5-4-6-10-19/h4-12,17,27H,3,13-16H2,1-2H3. The number of para-hydroxylation sites is 1. The highest BCUT2D eigenvalue weighted by atomic mass is 32.1. The molecule has 1 aromatic heterocycles. The number of nitrogens with zero attached hydrogens (tertiary/aromatic N) is 3. The van der Waals surface area contributed by atoms with E-state index in [1.165, 1.54) is 16.9 Å². The molecule has 0 bridgehead atoms. The number of benzene rings is 2. The minimum atomic E-state index is -0.0525. The summed E-state index contributed by atoms with van der Waals surface area (Å²) in [6.07, 6.45) is 0.847. The molecule has 0 aliphatic rings. The normalized spacial score (nSPS) is 11.0. The first kappa shape index (κ1) is 21.2. The summed E-state index contributed by atoms with van der Waals surface area (Å²) < 4.78 is 0. The Morgan fingerprint density at radius 3 is 2.48 bits per heavy atom. The summed E-state index contributed by atoms with van der Waals surface area (Å²) in [5.74, 6) is -0.0525. The number of aliphatic hydroxyl groups is 1. The second kappa shape index (κ2) is 10.3. The highest BCUT2D eigenvalue weighted by molar-refractivity contribution is 7.14. The van der Waals surface area contributed by atoms with Crippen LogP contribution in [0, 0.1) is 0 Å². The SMILES string of the molecule is CCc1ccccc1N(C(C)=O)c1nc(CN(CCO)Cc2ccccc2)cs1. The molecule has 152 valence electrons. The second-order valence-corrected chi connectivity index (χ2v) is 7.71. The number of hydrogen-bond donors (Lipinski definition) is 1. The van der Waals surface area contributed by atoms with Crippen molar-refractivity contribution in [2.24, 2.45) is 0 Å². The minimum absolute atomic E-state index is 0.0525. The van der Waals surface area contributed by atoms with Crippen molar-refractivity contribution in [2.75, 3.05) is 18.1 Å². The van der Waals surface area contributed by atoms with Gasteiger partial charge < -0.3 is 5.11 Å².